The van der Waals surface area contributed by atoms with Crippen LogP contribution in [0.3, 0.4) is 0 Å². The largest absolute Gasteiger partial charge is 0.472 e. The van der Waals surface area contributed by atoms with Crippen LogP contribution in [0.15, 0.2) is 53.4 Å². The molecule has 1 aromatic carbocycles. The van der Waals surface area contributed by atoms with Gasteiger partial charge in [0.2, 0.25) is 5.88 Å². The summed E-state index contributed by atoms with van der Waals surface area (Å²) in [6.07, 6.45) is 5.99. The Morgan fingerprint density at radius 2 is 2.06 bits per heavy atom. The Labute approximate surface area is 188 Å². The van der Waals surface area contributed by atoms with Crippen LogP contribution in [0.4, 0.5) is 4.39 Å². The molecule has 3 atom stereocenters. The van der Waals surface area contributed by atoms with Gasteiger partial charge in [0.25, 0.3) is 5.91 Å². The van der Waals surface area contributed by atoms with Gasteiger partial charge < -0.3 is 9.64 Å². The maximum atomic E-state index is 13.9. The van der Waals surface area contributed by atoms with Gasteiger partial charge in [0.05, 0.1) is 24.0 Å². The lowest BCUT2D eigenvalue weighted by atomic mass is 10.0. The SMILES string of the molecule is CCC(Oc1ccc(Br)cn1)C1CC(C)CN1C(=O)c1ccc(F)cc1-n1nccn1. The molecular weight excluding hydrogens is 465 g/mol. The number of halogens is 2. The molecule has 1 fully saturated rings. The molecule has 7 nitrogen and oxygen atoms in total. The highest BCUT2D eigenvalue weighted by atomic mass is 79.9. The first kappa shape index (κ1) is 21.4. The zero-order valence-corrected chi connectivity index (χ0v) is 18.9. The second-order valence-corrected chi connectivity index (χ2v) is 8.64. The Kier molecular flexibility index (Phi) is 6.31. The molecule has 1 aliphatic heterocycles. The zero-order valence-electron chi connectivity index (χ0n) is 17.3. The summed E-state index contributed by atoms with van der Waals surface area (Å²) in [5.74, 6) is 0.195. The average Bonchev–Trinajstić information content (AvgIpc) is 3.43. The quantitative estimate of drug-likeness (QED) is 0.518. The first-order chi connectivity index (χ1) is 15.0. The number of rotatable bonds is 6. The van der Waals surface area contributed by atoms with E-state index in [1.165, 1.54) is 35.4 Å². The molecule has 3 aromatic rings. The molecule has 0 bridgehead atoms. The van der Waals surface area contributed by atoms with Gasteiger partial charge in [-0.2, -0.15) is 15.0 Å². The highest BCUT2D eigenvalue weighted by Gasteiger charge is 2.40. The Bertz CT molecular complexity index is 1040. The number of hydrogen-bond donors (Lipinski definition) is 0. The first-order valence-corrected chi connectivity index (χ1v) is 11.0. The lowest BCUT2D eigenvalue weighted by molar-refractivity contribution is 0.0536. The summed E-state index contributed by atoms with van der Waals surface area (Å²) in [5, 5.41) is 8.15. The molecule has 1 amide bonds. The van der Waals surface area contributed by atoms with Crippen LogP contribution < -0.4 is 4.74 Å². The predicted molar refractivity (Wildman–Crippen MR) is 117 cm³/mol. The van der Waals surface area contributed by atoms with Crippen molar-refractivity contribution >= 4 is 21.8 Å². The van der Waals surface area contributed by atoms with E-state index < -0.39 is 5.82 Å². The molecule has 162 valence electrons. The molecule has 1 saturated heterocycles. The predicted octanol–water partition coefficient (Wildman–Crippen LogP) is 4.27. The van der Waals surface area contributed by atoms with Gasteiger partial charge in [0, 0.05) is 29.3 Å². The summed E-state index contributed by atoms with van der Waals surface area (Å²) in [6, 6.07) is 7.61. The van der Waals surface area contributed by atoms with E-state index in [2.05, 4.69) is 38.0 Å². The normalized spacial score (nSPS) is 19.4. The number of ether oxygens (including phenoxy) is 1. The molecule has 0 aliphatic carbocycles. The van der Waals surface area contributed by atoms with Crippen LogP contribution in [0.1, 0.15) is 37.0 Å². The third kappa shape index (κ3) is 4.61. The monoisotopic (exact) mass is 487 g/mol. The van der Waals surface area contributed by atoms with Crippen molar-refractivity contribution in [3.63, 3.8) is 0 Å². The van der Waals surface area contributed by atoms with Crippen LogP contribution in [0.25, 0.3) is 5.69 Å². The van der Waals surface area contributed by atoms with Gasteiger partial charge >= 0.3 is 0 Å². The number of carbonyl (C=O) groups is 1. The smallest absolute Gasteiger partial charge is 0.256 e. The Morgan fingerprint density at radius 3 is 2.74 bits per heavy atom. The Balaban J connectivity index is 1.63. The van der Waals surface area contributed by atoms with E-state index in [9.17, 15) is 9.18 Å². The minimum atomic E-state index is -0.453. The van der Waals surface area contributed by atoms with Gasteiger partial charge in [-0.15, -0.1) is 0 Å². The van der Waals surface area contributed by atoms with Gasteiger partial charge in [0.1, 0.15) is 17.6 Å². The van der Waals surface area contributed by atoms with Crippen molar-refractivity contribution < 1.29 is 13.9 Å². The van der Waals surface area contributed by atoms with E-state index in [0.717, 1.165) is 17.3 Å². The third-order valence-electron chi connectivity index (χ3n) is 5.44. The number of aromatic nitrogens is 4. The molecule has 3 heterocycles. The summed E-state index contributed by atoms with van der Waals surface area (Å²) in [7, 11) is 0. The van der Waals surface area contributed by atoms with Crippen LogP contribution in [0.2, 0.25) is 0 Å². The minimum absolute atomic E-state index is 0.124. The molecule has 4 rings (SSSR count). The van der Waals surface area contributed by atoms with E-state index in [4.69, 9.17) is 4.74 Å². The van der Waals surface area contributed by atoms with E-state index in [-0.39, 0.29) is 18.1 Å². The molecule has 2 aromatic heterocycles. The molecule has 31 heavy (non-hydrogen) atoms. The van der Waals surface area contributed by atoms with E-state index in [1.54, 1.807) is 12.3 Å². The van der Waals surface area contributed by atoms with Gasteiger partial charge in [-0.3, -0.25) is 4.79 Å². The van der Waals surface area contributed by atoms with Crippen molar-refractivity contribution in [2.75, 3.05) is 6.54 Å². The standard InChI is InChI=1S/C22H23BrFN5O2/c1-3-20(31-21-7-4-15(23)12-25-21)19-10-14(2)13-28(19)22(30)17-6-5-16(24)11-18(17)29-26-8-9-27-29/h4-9,11-12,14,19-20H,3,10,13H2,1-2H3. The second kappa shape index (κ2) is 9.13. The Morgan fingerprint density at radius 1 is 1.29 bits per heavy atom. The number of benzene rings is 1. The summed E-state index contributed by atoms with van der Waals surface area (Å²) in [6.45, 7) is 4.75. The number of amides is 1. The Hall–Kier alpha value is -2.81. The highest BCUT2D eigenvalue weighted by molar-refractivity contribution is 9.10. The van der Waals surface area contributed by atoms with Crippen molar-refractivity contribution in [3.8, 4) is 11.6 Å². The van der Waals surface area contributed by atoms with Gasteiger partial charge in [0.15, 0.2) is 0 Å². The fourth-order valence-corrected chi connectivity index (χ4v) is 4.27. The molecule has 0 saturated carbocycles. The van der Waals surface area contributed by atoms with E-state index >= 15 is 0 Å². The summed E-state index contributed by atoms with van der Waals surface area (Å²) < 4.78 is 21.0. The third-order valence-corrected chi connectivity index (χ3v) is 5.91. The second-order valence-electron chi connectivity index (χ2n) is 7.72. The zero-order chi connectivity index (χ0) is 22.0. The number of likely N-dealkylation sites (tertiary alicyclic amines) is 1. The van der Waals surface area contributed by atoms with Crippen LogP contribution in [-0.4, -0.2) is 49.5 Å². The van der Waals surface area contributed by atoms with Crippen molar-refractivity contribution in [2.24, 2.45) is 5.92 Å². The highest BCUT2D eigenvalue weighted by Crippen LogP contribution is 2.31. The maximum Gasteiger partial charge on any atom is 0.256 e. The van der Waals surface area contributed by atoms with Crippen LogP contribution in [-0.2, 0) is 0 Å². The van der Waals surface area contributed by atoms with Crippen molar-refractivity contribution in [3.05, 3.63) is 64.8 Å². The summed E-state index contributed by atoms with van der Waals surface area (Å²) in [5.41, 5.74) is 0.671. The fourth-order valence-electron chi connectivity index (χ4n) is 4.04. The average molecular weight is 488 g/mol. The topological polar surface area (TPSA) is 73.1 Å². The molecule has 0 radical (unpaired) electrons. The fraction of sp³-hybridized carbons (Fsp3) is 0.364. The van der Waals surface area contributed by atoms with E-state index in [0.29, 0.717) is 29.6 Å². The maximum absolute atomic E-state index is 13.9. The molecule has 0 N–H and O–H groups in total. The molecule has 1 aliphatic rings. The van der Waals surface area contributed by atoms with Gasteiger partial charge in [-0.25, -0.2) is 9.37 Å². The molecule has 0 spiro atoms. The lowest BCUT2D eigenvalue weighted by Gasteiger charge is -2.31. The van der Waals surface area contributed by atoms with Crippen molar-refractivity contribution in [1.29, 1.82) is 0 Å². The number of nitrogens with zero attached hydrogens (tertiary/aromatic N) is 5. The number of hydrogen-bond acceptors (Lipinski definition) is 5. The van der Waals surface area contributed by atoms with Crippen molar-refractivity contribution in [1.82, 2.24) is 24.9 Å². The summed E-state index contributed by atoms with van der Waals surface area (Å²) in [4.78, 5) is 21.0. The minimum Gasteiger partial charge on any atom is -0.472 e. The van der Waals surface area contributed by atoms with Crippen molar-refractivity contribution in [2.45, 2.75) is 38.8 Å². The van der Waals surface area contributed by atoms with Gasteiger partial charge in [-0.05, 0) is 52.9 Å². The lowest BCUT2D eigenvalue weighted by Crippen LogP contribution is -2.45. The molecule has 3 unspecified atom stereocenters. The van der Waals surface area contributed by atoms with Gasteiger partial charge in [-0.1, -0.05) is 13.8 Å². The molecular formula is C22H23BrFN5O2. The number of carbonyl (C=O) groups excluding carboxylic acids is 1. The number of pyridine rings is 1. The van der Waals surface area contributed by atoms with Crippen LogP contribution >= 0.6 is 15.9 Å². The molecule has 9 heteroatoms. The van der Waals surface area contributed by atoms with Crippen LogP contribution in [0.5, 0.6) is 5.88 Å². The van der Waals surface area contributed by atoms with E-state index in [1.807, 2.05) is 17.9 Å². The summed E-state index contributed by atoms with van der Waals surface area (Å²) >= 11 is 3.38. The van der Waals surface area contributed by atoms with Crippen LogP contribution in [0, 0.1) is 11.7 Å². The first-order valence-electron chi connectivity index (χ1n) is 10.2.